The number of nitrogens with zero attached hydrogens (tertiary/aromatic N) is 3. The Bertz CT molecular complexity index is 225. The van der Waals surface area contributed by atoms with Gasteiger partial charge in [-0.05, 0) is 33.6 Å². The fourth-order valence-corrected chi connectivity index (χ4v) is 0.489. The van der Waals surface area contributed by atoms with E-state index < -0.39 is 5.54 Å². The Morgan fingerprint density at radius 3 is 1.92 bits per heavy atom. The van der Waals surface area contributed by atoms with Crippen LogP contribution in [0.4, 0.5) is 0 Å². The van der Waals surface area contributed by atoms with Crippen molar-refractivity contribution >= 4 is 0 Å². The highest BCUT2D eigenvalue weighted by atomic mass is 15.2. The van der Waals surface area contributed by atoms with E-state index in [-0.39, 0.29) is 5.54 Å². The first kappa shape index (κ1) is 12.1. The first-order valence-electron chi connectivity index (χ1n) is 4.74. The molecule has 0 aliphatic rings. The van der Waals surface area contributed by atoms with Crippen LogP contribution in [0.15, 0.2) is 10.2 Å². The molecule has 0 heterocycles. The van der Waals surface area contributed by atoms with Crippen LogP contribution < -0.4 is 0 Å². The molecule has 0 saturated carbocycles. The molecule has 3 heteroatoms. The summed E-state index contributed by atoms with van der Waals surface area (Å²) >= 11 is 0. The van der Waals surface area contributed by atoms with Crippen molar-refractivity contribution in [1.29, 1.82) is 5.26 Å². The van der Waals surface area contributed by atoms with Crippen molar-refractivity contribution < 1.29 is 0 Å². The van der Waals surface area contributed by atoms with Gasteiger partial charge in [0.05, 0.1) is 11.6 Å². The molecule has 0 fully saturated rings. The number of azo groups is 1. The second kappa shape index (κ2) is 4.36. The van der Waals surface area contributed by atoms with E-state index in [2.05, 4.69) is 23.2 Å². The van der Waals surface area contributed by atoms with Crippen molar-refractivity contribution in [2.75, 3.05) is 0 Å². The van der Waals surface area contributed by atoms with Crippen LogP contribution in [-0.2, 0) is 0 Å². The predicted octanol–water partition coefficient (Wildman–Crippen LogP) is 3.32. The Labute approximate surface area is 80.9 Å². The topological polar surface area (TPSA) is 48.5 Å². The van der Waals surface area contributed by atoms with Gasteiger partial charge in [0.2, 0.25) is 0 Å². The molecular weight excluding hydrogens is 162 g/mol. The quantitative estimate of drug-likeness (QED) is 0.614. The van der Waals surface area contributed by atoms with Crippen LogP contribution in [0.25, 0.3) is 0 Å². The Balaban J connectivity index is 4.51. The summed E-state index contributed by atoms with van der Waals surface area (Å²) in [7, 11) is 0. The van der Waals surface area contributed by atoms with Crippen molar-refractivity contribution in [3.05, 3.63) is 0 Å². The van der Waals surface area contributed by atoms with Gasteiger partial charge < -0.3 is 0 Å². The Morgan fingerprint density at radius 1 is 1.08 bits per heavy atom. The molecule has 0 bridgehead atoms. The second-order valence-electron chi connectivity index (χ2n) is 4.11. The minimum Gasteiger partial charge on any atom is -0.196 e. The summed E-state index contributed by atoms with van der Waals surface area (Å²) in [5, 5.41) is 17.1. The van der Waals surface area contributed by atoms with Crippen LogP contribution in [0.5, 0.6) is 0 Å². The average molecular weight is 181 g/mol. The predicted molar refractivity (Wildman–Crippen MR) is 53.5 cm³/mol. The van der Waals surface area contributed by atoms with Crippen LogP contribution in [-0.4, -0.2) is 11.1 Å². The largest absolute Gasteiger partial charge is 0.196 e. The van der Waals surface area contributed by atoms with E-state index in [9.17, 15) is 0 Å². The van der Waals surface area contributed by atoms with Gasteiger partial charge in [-0.2, -0.15) is 15.5 Å². The molecule has 0 amide bonds. The van der Waals surface area contributed by atoms with Crippen molar-refractivity contribution in [3.8, 4) is 6.07 Å². The third kappa shape index (κ3) is 4.02. The lowest BCUT2D eigenvalue weighted by atomic mass is 10.0. The van der Waals surface area contributed by atoms with E-state index >= 15 is 0 Å². The van der Waals surface area contributed by atoms with Gasteiger partial charge in [0.1, 0.15) is 0 Å². The smallest absolute Gasteiger partial charge is 0.164 e. The summed E-state index contributed by atoms with van der Waals surface area (Å²) in [6, 6.07) is 2.16. The van der Waals surface area contributed by atoms with Gasteiger partial charge in [-0.1, -0.05) is 13.8 Å². The fourth-order valence-electron chi connectivity index (χ4n) is 0.489. The maximum Gasteiger partial charge on any atom is 0.164 e. The maximum atomic E-state index is 8.85. The van der Waals surface area contributed by atoms with Gasteiger partial charge in [0, 0.05) is 0 Å². The minimum atomic E-state index is -0.646. The molecule has 0 saturated heterocycles. The Morgan fingerprint density at radius 2 is 1.62 bits per heavy atom. The third-order valence-corrected chi connectivity index (χ3v) is 2.34. The van der Waals surface area contributed by atoms with E-state index in [1.165, 1.54) is 0 Å². The molecule has 0 radical (unpaired) electrons. The highest BCUT2D eigenvalue weighted by Gasteiger charge is 2.22. The molecule has 0 rings (SSSR count). The Hall–Kier alpha value is -0.910. The maximum absolute atomic E-state index is 8.85. The summed E-state index contributed by atoms with van der Waals surface area (Å²) in [6.45, 7) is 9.85. The van der Waals surface area contributed by atoms with Crippen molar-refractivity contribution in [2.24, 2.45) is 10.2 Å². The van der Waals surface area contributed by atoms with Gasteiger partial charge in [-0.15, -0.1) is 0 Å². The highest BCUT2D eigenvalue weighted by Crippen LogP contribution is 2.20. The number of hydrogen-bond acceptors (Lipinski definition) is 3. The number of hydrogen-bond donors (Lipinski definition) is 0. The summed E-state index contributed by atoms with van der Waals surface area (Å²) < 4.78 is 0. The molecule has 0 aromatic heterocycles. The Kier molecular flexibility index (Phi) is 4.06. The summed E-state index contributed by atoms with van der Waals surface area (Å²) in [6.07, 6.45) is 1.63. The van der Waals surface area contributed by atoms with E-state index in [1.807, 2.05) is 27.7 Å². The van der Waals surface area contributed by atoms with Gasteiger partial charge in [0.15, 0.2) is 5.54 Å². The van der Waals surface area contributed by atoms with E-state index in [0.717, 1.165) is 6.42 Å². The van der Waals surface area contributed by atoms with E-state index in [4.69, 9.17) is 5.26 Å². The molecule has 13 heavy (non-hydrogen) atoms. The van der Waals surface area contributed by atoms with E-state index in [0.29, 0.717) is 6.42 Å². The molecule has 0 aliphatic carbocycles. The lowest BCUT2D eigenvalue weighted by Crippen LogP contribution is -2.20. The molecule has 0 aromatic carbocycles. The average Bonchev–Trinajstić information content (AvgIpc) is 2.14. The molecule has 74 valence electrons. The van der Waals surface area contributed by atoms with Crippen molar-refractivity contribution in [2.45, 2.75) is 58.5 Å². The normalized spacial score (nSPS) is 16.9. The molecule has 0 aromatic rings. The lowest BCUT2D eigenvalue weighted by Gasteiger charge is -2.18. The molecule has 1 atom stereocenters. The second-order valence-corrected chi connectivity index (χ2v) is 4.11. The summed E-state index contributed by atoms with van der Waals surface area (Å²) in [4.78, 5) is 0. The monoisotopic (exact) mass is 181 g/mol. The van der Waals surface area contributed by atoms with Crippen LogP contribution in [0, 0.1) is 11.3 Å². The minimum absolute atomic E-state index is 0.146. The van der Waals surface area contributed by atoms with Crippen molar-refractivity contribution in [1.82, 2.24) is 0 Å². The van der Waals surface area contributed by atoms with Crippen LogP contribution in [0.3, 0.4) is 0 Å². The van der Waals surface area contributed by atoms with Gasteiger partial charge in [0.25, 0.3) is 0 Å². The van der Waals surface area contributed by atoms with Crippen LogP contribution in [0.2, 0.25) is 0 Å². The molecule has 1 unspecified atom stereocenters. The molecule has 0 N–H and O–H groups in total. The molecule has 3 nitrogen and oxygen atoms in total. The summed E-state index contributed by atoms with van der Waals surface area (Å²) in [5.41, 5.74) is -0.792. The summed E-state index contributed by atoms with van der Waals surface area (Å²) in [5.74, 6) is 0. The molecular formula is C10H19N3. The lowest BCUT2D eigenvalue weighted by molar-refractivity contribution is 0.432. The number of nitriles is 1. The fraction of sp³-hybridized carbons (Fsp3) is 0.900. The number of rotatable bonds is 4. The zero-order chi connectivity index (χ0) is 10.5. The van der Waals surface area contributed by atoms with Crippen LogP contribution >= 0.6 is 0 Å². The van der Waals surface area contributed by atoms with E-state index in [1.54, 1.807) is 0 Å². The highest BCUT2D eigenvalue weighted by molar-refractivity contribution is 5.02. The van der Waals surface area contributed by atoms with Crippen molar-refractivity contribution in [3.63, 3.8) is 0 Å². The first-order valence-corrected chi connectivity index (χ1v) is 4.74. The molecule has 0 aliphatic heterocycles. The third-order valence-electron chi connectivity index (χ3n) is 2.34. The zero-order valence-electron chi connectivity index (χ0n) is 9.26. The first-order chi connectivity index (χ1) is 5.89. The van der Waals surface area contributed by atoms with Gasteiger partial charge in [-0.3, -0.25) is 0 Å². The molecule has 0 spiro atoms. The standard InChI is InChI=1S/C10H19N3/c1-6-9(3,4)12-13-10(5,7-2)8-11/h6-7H2,1-5H3. The SMILES string of the molecule is CCC(C)(C)N=NC(C)(C#N)CC. The van der Waals surface area contributed by atoms with Gasteiger partial charge in [-0.25, -0.2) is 0 Å². The van der Waals surface area contributed by atoms with Crippen LogP contribution in [0.1, 0.15) is 47.5 Å². The zero-order valence-corrected chi connectivity index (χ0v) is 9.26. The van der Waals surface area contributed by atoms with Gasteiger partial charge >= 0.3 is 0 Å².